The fourth-order valence-electron chi connectivity index (χ4n) is 6.86. The van der Waals surface area contributed by atoms with Gasteiger partial charge in [0.05, 0.1) is 22.2 Å². The summed E-state index contributed by atoms with van der Waals surface area (Å²) in [5.41, 5.74) is 5.50. The molecule has 2 heterocycles. The molecule has 1 fully saturated rings. The Balaban J connectivity index is 1.02. The van der Waals surface area contributed by atoms with Crippen LogP contribution in [0.15, 0.2) is 72.3 Å². The van der Waals surface area contributed by atoms with Crippen molar-refractivity contribution in [2.75, 3.05) is 19.7 Å². The van der Waals surface area contributed by atoms with Gasteiger partial charge in [-0.2, -0.15) is 0 Å². The molecule has 0 spiro atoms. The van der Waals surface area contributed by atoms with Gasteiger partial charge in [0.1, 0.15) is 17.8 Å². The van der Waals surface area contributed by atoms with Crippen molar-refractivity contribution >= 4 is 57.3 Å². The SMILES string of the molecule is C/C(=C\C(=O)O)c1ccc2cc(OCC(=O)NCCCCCC(=O)N[C@H](C(=O)N3C[C@H](O)C[C@H]3C(=O)NCc3ccc(-c4scnc4C)cc3)C(C)(C)C)ccc2c1. The highest BCUT2D eigenvalue weighted by Crippen LogP contribution is 2.29. The Morgan fingerprint density at radius 3 is 2.38 bits per heavy atom. The number of likely N-dealkylation sites (tertiary alicyclic amines) is 1. The molecule has 0 saturated carbocycles. The maximum atomic E-state index is 13.9. The number of aliphatic hydroxyl groups is 1. The molecule has 58 heavy (non-hydrogen) atoms. The minimum atomic E-state index is -1.00. The lowest BCUT2D eigenvalue weighted by molar-refractivity contribution is -0.144. The first-order chi connectivity index (χ1) is 27.6. The van der Waals surface area contributed by atoms with E-state index in [4.69, 9.17) is 9.84 Å². The van der Waals surface area contributed by atoms with Gasteiger partial charge in [-0.25, -0.2) is 9.78 Å². The Labute approximate surface area is 342 Å². The second-order valence-corrected chi connectivity index (χ2v) is 16.6. The number of aliphatic carboxylic acids is 1. The molecule has 3 aromatic carbocycles. The number of aliphatic hydroxyl groups excluding tert-OH is 1. The molecule has 1 aromatic heterocycles. The van der Waals surface area contributed by atoms with Gasteiger partial charge in [-0.05, 0) is 83.3 Å². The van der Waals surface area contributed by atoms with Gasteiger partial charge in [0.25, 0.3) is 5.91 Å². The van der Waals surface area contributed by atoms with Crippen molar-refractivity contribution < 1.29 is 38.9 Å². The number of ether oxygens (including phenoxy) is 1. The van der Waals surface area contributed by atoms with E-state index in [1.807, 2.05) is 87.8 Å². The Morgan fingerprint density at radius 1 is 0.966 bits per heavy atom. The molecule has 4 aromatic rings. The smallest absolute Gasteiger partial charge is 0.328 e. The van der Waals surface area contributed by atoms with Crippen LogP contribution in [0.1, 0.15) is 76.6 Å². The topological polar surface area (TPSA) is 187 Å². The van der Waals surface area contributed by atoms with Crippen molar-refractivity contribution in [1.29, 1.82) is 0 Å². The average Bonchev–Trinajstić information content (AvgIpc) is 3.80. The molecule has 3 atom stereocenters. The minimum absolute atomic E-state index is 0.00260. The van der Waals surface area contributed by atoms with E-state index in [1.54, 1.807) is 24.3 Å². The summed E-state index contributed by atoms with van der Waals surface area (Å²) in [5.74, 6) is -1.81. The number of rotatable bonds is 17. The average molecular weight is 812 g/mol. The van der Waals surface area contributed by atoms with Crippen LogP contribution in [0.5, 0.6) is 5.75 Å². The first kappa shape index (κ1) is 43.5. The number of carbonyl (C=O) groups is 5. The lowest BCUT2D eigenvalue weighted by atomic mass is 9.85. The van der Waals surface area contributed by atoms with E-state index in [1.165, 1.54) is 4.90 Å². The summed E-state index contributed by atoms with van der Waals surface area (Å²) in [6, 6.07) is 17.1. The Hall–Kier alpha value is -5.60. The third-order valence-corrected chi connectivity index (χ3v) is 11.1. The normalized spacial score (nSPS) is 16.2. The van der Waals surface area contributed by atoms with E-state index in [0.717, 1.165) is 44.1 Å². The van der Waals surface area contributed by atoms with Gasteiger partial charge in [0, 0.05) is 38.6 Å². The van der Waals surface area contributed by atoms with E-state index in [0.29, 0.717) is 37.1 Å². The van der Waals surface area contributed by atoms with Gasteiger partial charge in [-0.1, -0.05) is 69.7 Å². The largest absolute Gasteiger partial charge is 0.484 e. The van der Waals surface area contributed by atoms with Crippen LogP contribution in [0.3, 0.4) is 0 Å². The van der Waals surface area contributed by atoms with E-state index < -0.39 is 35.5 Å². The summed E-state index contributed by atoms with van der Waals surface area (Å²) in [5, 5.41) is 30.0. The van der Waals surface area contributed by atoms with E-state index in [9.17, 15) is 29.1 Å². The van der Waals surface area contributed by atoms with Crippen LogP contribution in [0.4, 0.5) is 0 Å². The molecule has 5 rings (SSSR count). The monoisotopic (exact) mass is 811 g/mol. The zero-order chi connectivity index (χ0) is 42.0. The Kier molecular flexibility index (Phi) is 14.8. The summed E-state index contributed by atoms with van der Waals surface area (Å²) < 4.78 is 5.69. The molecular weight excluding hydrogens is 759 g/mol. The number of carboxylic acid groups (broad SMARTS) is 1. The first-order valence-corrected chi connectivity index (χ1v) is 20.4. The third kappa shape index (κ3) is 12.0. The maximum Gasteiger partial charge on any atom is 0.328 e. The number of nitrogens with zero attached hydrogens (tertiary/aromatic N) is 2. The zero-order valence-electron chi connectivity index (χ0n) is 33.7. The highest BCUT2D eigenvalue weighted by atomic mass is 32.1. The first-order valence-electron chi connectivity index (χ1n) is 19.5. The molecule has 0 bridgehead atoms. The number of hydrogen-bond donors (Lipinski definition) is 5. The number of hydrogen-bond acceptors (Lipinski definition) is 9. The van der Waals surface area contributed by atoms with Crippen molar-refractivity contribution in [1.82, 2.24) is 25.8 Å². The number of carboxylic acids is 1. The Morgan fingerprint density at radius 2 is 1.69 bits per heavy atom. The predicted molar refractivity (Wildman–Crippen MR) is 224 cm³/mol. The number of allylic oxidation sites excluding steroid dienone is 1. The number of aryl methyl sites for hydroxylation is 1. The summed E-state index contributed by atoms with van der Waals surface area (Å²) in [7, 11) is 0. The molecule has 0 aliphatic carbocycles. The highest BCUT2D eigenvalue weighted by Gasteiger charge is 2.44. The standard InChI is InChI=1S/C44H53N5O8S/c1-27(19-39(53)54)31-14-15-33-21-35(17-16-32(33)20-31)57-25-38(52)45-18-8-6-7-9-37(51)48-41(44(3,4)5)43(56)49-24-34(50)22-36(49)42(55)46-23-29-10-12-30(13-11-29)40-28(2)47-26-58-40/h10-17,19-21,26,34,36,41,50H,6-9,18,22-25H2,1-5H3,(H,45,52)(H,46,55)(H,48,51)(H,53,54)/b27-19+/t34-,36+,41-/m1/s1. The molecule has 308 valence electrons. The van der Waals surface area contributed by atoms with Crippen molar-refractivity contribution in [3.8, 4) is 16.2 Å². The van der Waals surface area contributed by atoms with E-state index in [-0.39, 0.29) is 50.3 Å². The summed E-state index contributed by atoms with van der Waals surface area (Å²) in [4.78, 5) is 70.6. The molecule has 14 heteroatoms. The second kappa shape index (κ2) is 19.7. The summed E-state index contributed by atoms with van der Waals surface area (Å²) in [6.07, 6.45) is 2.46. The Bertz CT molecular complexity index is 2140. The van der Waals surface area contributed by atoms with Crippen LogP contribution in [0.2, 0.25) is 0 Å². The van der Waals surface area contributed by atoms with Crippen LogP contribution in [-0.4, -0.2) is 87.6 Å². The zero-order valence-corrected chi connectivity index (χ0v) is 34.5. The van der Waals surface area contributed by atoms with Crippen LogP contribution >= 0.6 is 11.3 Å². The molecule has 13 nitrogen and oxygen atoms in total. The fraction of sp³-hybridized carbons (Fsp3) is 0.409. The van der Waals surface area contributed by atoms with Gasteiger partial charge >= 0.3 is 5.97 Å². The number of benzene rings is 3. The molecular formula is C44H53N5O8S. The van der Waals surface area contributed by atoms with Gasteiger partial charge in [-0.15, -0.1) is 11.3 Å². The lowest BCUT2D eigenvalue weighted by Gasteiger charge is -2.35. The van der Waals surface area contributed by atoms with Crippen molar-refractivity contribution in [2.24, 2.45) is 5.41 Å². The van der Waals surface area contributed by atoms with Crippen LogP contribution in [-0.2, 0) is 30.5 Å². The third-order valence-electron chi connectivity index (χ3n) is 10.1. The van der Waals surface area contributed by atoms with Crippen LogP contribution < -0.4 is 20.7 Å². The summed E-state index contributed by atoms with van der Waals surface area (Å²) in [6.45, 7) is 9.76. The predicted octanol–water partition coefficient (Wildman–Crippen LogP) is 5.62. The molecule has 0 radical (unpaired) electrons. The maximum absolute atomic E-state index is 13.9. The van der Waals surface area contributed by atoms with Gasteiger partial charge in [0.15, 0.2) is 6.61 Å². The number of amides is 4. The van der Waals surface area contributed by atoms with Gasteiger partial charge in [0.2, 0.25) is 17.7 Å². The second-order valence-electron chi connectivity index (χ2n) is 15.8. The van der Waals surface area contributed by atoms with E-state index in [2.05, 4.69) is 20.9 Å². The number of unbranched alkanes of at least 4 members (excludes halogenated alkanes) is 2. The van der Waals surface area contributed by atoms with Gasteiger partial charge < -0.3 is 35.8 Å². The number of thiazole rings is 1. The van der Waals surface area contributed by atoms with Gasteiger partial charge in [-0.3, -0.25) is 19.2 Å². The number of aromatic nitrogens is 1. The fourth-order valence-corrected chi connectivity index (χ4v) is 7.67. The highest BCUT2D eigenvalue weighted by molar-refractivity contribution is 7.13. The van der Waals surface area contributed by atoms with Crippen LogP contribution in [0.25, 0.3) is 26.8 Å². The molecule has 1 saturated heterocycles. The molecule has 5 N–H and O–H groups in total. The number of fused-ring (bicyclic) bond motifs is 1. The van der Waals surface area contributed by atoms with Crippen LogP contribution in [0, 0.1) is 12.3 Å². The molecule has 1 aliphatic heterocycles. The molecule has 4 amide bonds. The summed E-state index contributed by atoms with van der Waals surface area (Å²) >= 11 is 1.57. The van der Waals surface area contributed by atoms with E-state index >= 15 is 0 Å². The number of β-amino-alcohol motifs (C(OH)–C–C–N with tert-alkyl or cyclic N) is 1. The minimum Gasteiger partial charge on any atom is -0.484 e. The quantitative estimate of drug-likeness (QED) is 0.0666. The number of nitrogens with one attached hydrogen (secondary N) is 3. The molecule has 1 aliphatic rings. The number of carbonyl (C=O) groups excluding carboxylic acids is 4. The van der Waals surface area contributed by atoms with Crippen molar-refractivity contribution in [3.05, 3.63) is 89.1 Å². The van der Waals surface area contributed by atoms with Crippen molar-refractivity contribution in [3.63, 3.8) is 0 Å². The molecule has 0 unspecified atom stereocenters. The van der Waals surface area contributed by atoms with Crippen molar-refractivity contribution in [2.45, 2.75) is 91.5 Å². The lowest BCUT2D eigenvalue weighted by Crippen LogP contribution is -2.57.